The smallest absolute Gasteiger partial charge is 0.323 e. The van der Waals surface area contributed by atoms with E-state index in [4.69, 9.17) is 9.47 Å². The first-order valence-corrected chi connectivity index (χ1v) is 5.21. The number of fused-ring (bicyclic) bond motifs is 1. The Kier molecular flexibility index (Phi) is 3.53. The fraction of sp³-hybridized carbons (Fsp3) is 0.600. The number of imidazole rings is 1. The van der Waals surface area contributed by atoms with E-state index < -0.39 is 0 Å². The molecule has 1 aliphatic heterocycles. The fourth-order valence-electron chi connectivity index (χ4n) is 1.66. The third-order valence-electron chi connectivity index (χ3n) is 2.55. The lowest BCUT2D eigenvalue weighted by Gasteiger charge is -2.21. The molecule has 0 amide bonds. The van der Waals surface area contributed by atoms with E-state index in [-0.39, 0.29) is 12.0 Å². The number of nitrogens with one attached hydrogen (secondary N) is 2. The standard InChI is InChI=1S/C10H15N3O3/c1-15-2-3-16-10(14)8-4-7-9(5-11-8)13-6-12-7/h6,8,11H,2-5H2,1H3,(H,12,13). The molecule has 6 heteroatoms. The van der Waals surface area contributed by atoms with E-state index in [2.05, 4.69) is 15.3 Å². The number of carbonyl (C=O) groups is 1. The third kappa shape index (κ3) is 2.40. The number of esters is 1. The molecule has 88 valence electrons. The van der Waals surface area contributed by atoms with Crippen LogP contribution in [0.4, 0.5) is 0 Å². The van der Waals surface area contributed by atoms with Crippen LogP contribution in [0.25, 0.3) is 0 Å². The first-order valence-electron chi connectivity index (χ1n) is 5.21. The number of aromatic amines is 1. The van der Waals surface area contributed by atoms with Gasteiger partial charge in [0.1, 0.15) is 12.6 Å². The average Bonchev–Trinajstić information content (AvgIpc) is 2.76. The number of rotatable bonds is 4. The molecule has 0 aromatic carbocycles. The van der Waals surface area contributed by atoms with Crippen LogP contribution in [0, 0.1) is 0 Å². The number of hydrogen-bond acceptors (Lipinski definition) is 5. The van der Waals surface area contributed by atoms with Crippen molar-refractivity contribution in [3.05, 3.63) is 17.7 Å². The summed E-state index contributed by atoms with van der Waals surface area (Å²) in [5.74, 6) is -0.245. The molecule has 2 N–H and O–H groups in total. The maximum absolute atomic E-state index is 11.6. The lowest BCUT2D eigenvalue weighted by Crippen LogP contribution is -2.43. The van der Waals surface area contributed by atoms with Gasteiger partial charge in [0, 0.05) is 20.1 Å². The quantitative estimate of drug-likeness (QED) is 0.539. The van der Waals surface area contributed by atoms with Gasteiger partial charge < -0.3 is 14.5 Å². The van der Waals surface area contributed by atoms with Gasteiger partial charge >= 0.3 is 5.97 Å². The SMILES string of the molecule is COCCOC(=O)C1Cc2nc[nH]c2CN1. The molecule has 0 spiro atoms. The van der Waals surface area contributed by atoms with E-state index in [1.165, 1.54) is 0 Å². The van der Waals surface area contributed by atoms with Crippen LogP contribution in [-0.4, -0.2) is 42.3 Å². The second-order valence-electron chi connectivity index (χ2n) is 3.63. The molecule has 6 nitrogen and oxygen atoms in total. The molecule has 0 aliphatic carbocycles. The number of carbonyl (C=O) groups excluding carboxylic acids is 1. The maximum atomic E-state index is 11.6. The molecule has 1 atom stereocenters. The largest absolute Gasteiger partial charge is 0.462 e. The normalized spacial score (nSPS) is 19.2. The first kappa shape index (κ1) is 11.1. The van der Waals surface area contributed by atoms with Crippen LogP contribution < -0.4 is 5.32 Å². The molecule has 0 fully saturated rings. The van der Waals surface area contributed by atoms with Crippen molar-refractivity contribution in [2.24, 2.45) is 0 Å². The van der Waals surface area contributed by atoms with Crippen LogP contribution >= 0.6 is 0 Å². The highest BCUT2D eigenvalue weighted by atomic mass is 16.6. The Morgan fingerprint density at radius 2 is 2.50 bits per heavy atom. The van der Waals surface area contributed by atoms with Crippen molar-refractivity contribution in [1.82, 2.24) is 15.3 Å². The maximum Gasteiger partial charge on any atom is 0.323 e. The molecule has 0 saturated heterocycles. The van der Waals surface area contributed by atoms with E-state index in [1.807, 2.05) is 0 Å². The van der Waals surface area contributed by atoms with Crippen molar-refractivity contribution >= 4 is 5.97 Å². The van der Waals surface area contributed by atoms with Gasteiger partial charge in [-0.1, -0.05) is 0 Å². The van der Waals surface area contributed by atoms with Crippen molar-refractivity contribution in [2.75, 3.05) is 20.3 Å². The van der Waals surface area contributed by atoms with E-state index >= 15 is 0 Å². The summed E-state index contributed by atoms with van der Waals surface area (Å²) < 4.78 is 9.86. The fourth-order valence-corrected chi connectivity index (χ4v) is 1.66. The van der Waals surface area contributed by atoms with Crippen LogP contribution in [0.1, 0.15) is 11.4 Å². The van der Waals surface area contributed by atoms with Crippen molar-refractivity contribution in [2.45, 2.75) is 19.0 Å². The van der Waals surface area contributed by atoms with Crippen LogP contribution in [-0.2, 0) is 27.2 Å². The van der Waals surface area contributed by atoms with Gasteiger partial charge in [-0.15, -0.1) is 0 Å². The van der Waals surface area contributed by atoms with Gasteiger partial charge in [0.25, 0.3) is 0 Å². The summed E-state index contributed by atoms with van der Waals surface area (Å²) in [6.45, 7) is 1.34. The van der Waals surface area contributed by atoms with Gasteiger partial charge in [-0.3, -0.25) is 10.1 Å². The topological polar surface area (TPSA) is 76.2 Å². The lowest BCUT2D eigenvalue weighted by atomic mass is 10.1. The van der Waals surface area contributed by atoms with Crippen LogP contribution in [0.5, 0.6) is 0 Å². The Labute approximate surface area is 93.3 Å². The summed E-state index contributed by atoms with van der Waals surface area (Å²) in [7, 11) is 1.57. The zero-order valence-electron chi connectivity index (χ0n) is 9.16. The van der Waals surface area contributed by atoms with E-state index in [0.29, 0.717) is 26.2 Å². The van der Waals surface area contributed by atoms with Gasteiger partial charge in [-0.05, 0) is 0 Å². The van der Waals surface area contributed by atoms with Gasteiger partial charge in [0.15, 0.2) is 0 Å². The second kappa shape index (κ2) is 5.09. The minimum atomic E-state index is -0.298. The summed E-state index contributed by atoms with van der Waals surface area (Å²) >= 11 is 0. The Balaban J connectivity index is 1.86. The highest BCUT2D eigenvalue weighted by Gasteiger charge is 2.26. The molecule has 0 saturated carbocycles. The Morgan fingerprint density at radius 3 is 3.31 bits per heavy atom. The van der Waals surface area contributed by atoms with Crippen molar-refractivity contribution in [1.29, 1.82) is 0 Å². The van der Waals surface area contributed by atoms with Gasteiger partial charge in [0.05, 0.1) is 24.3 Å². The van der Waals surface area contributed by atoms with Gasteiger partial charge in [-0.2, -0.15) is 0 Å². The third-order valence-corrected chi connectivity index (χ3v) is 2.55. The molecule has 0 radical (unpaired) electrons. The molecule has 2 rings (SSSR count). The Morgan fingerprint density at radius 1 is 1.62 bits per heavy atom. The second-order valence-corrected chi connectivity index (χ2v) is 3.63. The average molecular weight is 225 g/mol. The zero-order chi connectivity index (χ0) is 11.4. The number of methoxy groups -OCH3 is 1. The lowest BCUT2D eigenvalue weighted by molar-refractivity contribution is -0.147. The highest BCUT2D eigenvalue weighted by Crippen LogP contribution is 2.12. The Bertz CT molecular complexity index is 364. The predicted molar refractivity (Wildman–Crippen MR) is 55.8 cm³/mol. The van der Waals surface area contributed by atoms with E-state index in [1.54, 1.807) is 13.4 Å². The van der Waals surface area contributed by atoms with Crippen LogP contribution in [0.15, 0.2) is 6.33 Å². The minimum absolute atomic E-state index is 0.245. The summed E-state index contributed by atoms with van der Waals surface area (Å²) in [6.07, 6.45) is 2.22. The molecular formula is C10H15N3O3. The molecule has 1 aromatic rings. The van der Waals surface area contributed by atoms with Gasteiger partial charge in [-0.25, -0.2) is 4.98 Å². The van der Waals surface area contributed by atoms with E-state index in [9.17, 15) is 4.79 Å². The summed E-state index contributed by atoms with van der Waals surface area (Å²) in [6, 6.07) is -0.298. The number of H-pyrrole nitrogens is 1. The minimum Gasteiger partial charge on any atom is -0.462 e. The summed E-state index contributed by atoms with van der Waals surface area (Å²) in [5, 5.41) is 3.10. The number of nitrogens with zero attached hydrogens (tertiary/aromatic N) is 1. The number of ether oxygens (including phenoxy) is 2. The first-order chi connectivity index (χ1) is 7.81. The molecule has 2 heterocycles. The molecule has 16 heavy (non-hydrogen) atoms. The summed E-state index contributed by atoms with van der Waals surface area (Å²) in [4.78, 5) is 18.8. The van der Waals surface area contributed by atoms with Gasteiger partial charge in [0.2, 0.25) is 0 Å². The highest BCUT2D eigenvalue weighted by molar-refractivity contribution is 5.76. The van der Waals surface area contributed by atoms with Crippen molar-refractivity contribution < 1.29 is 14.3 Å². The molecule has 1 unspecified atom stereocenters. The molecule has 1 aromatic heterocycles. The van der Waals surface area contributed by atoms with Crippen LogP contribution in [0.2, 0.25) is 0 Å². The monoisotopic (exact) mass is 225 g/mol. The van der Waals surface area contributed by atoms with Crippen molar-refractivity contribution in [3.63, 3.8) is 0 Å². The Hall–Kier alpha value is -1.40. The predicted octanol–water partition coefficient (Wildman–Crippen LogP) is -0.386. The zero-order valence-corrected chi connectivity index (χ0v) is 9.16. The van der Waals surface area contributed by atoms with E-state index in [0.717, 1.165) is 11.4 Å². The number of aromatic nitrogens is 2. The molecular weight excluding hydrogens is 210 g/mol. The van der Waals surface area contributed by atoms with Crippen molar-refractivity contribution in [3.8, 4) is 0 Å². The number of hydrogen-bond donors (Lipinski definition) is 2. The molecule has 0 bridgehead atoms. The van der Waals surface area contributed by atoms with Crippen LogP contribution in [0.3, 0.4) is 0 Å². The molecule has 1 aliphatic rings. The summed E-state index contributed by atoms with van der Waals surface area (Å²) in [5.41, 5.74) is 1.98.